The minimum Gasteiger partial charge on any atom is -0.271 e. The Bertz CT molecular complexity index is 799. The molecule has 0 atom stereocenters. The van der Waals surface area contributed by atoms with E-state index in [4.69, 9.17) is 0 Å². The van der Waals surface area contributed by atoms with Crippen molar-refractivity contribution in [2.75, 3.05) is 0 Å². The second kappa shape index (κ2) is 5.58. The van der Waals surface area contributed by atoms with Gasteiger partial charge in [0.1, 0.15) is 12.2 Å². The van der Waals surface area contributed by atoms with Crippen molar-refractivity contribution in [3.8, 4) is 0 Å². The number of aromatic nitrogens is 3. The summed E-state index contributed by atoms with van der Waals surface area (Å²) in [6, 6.07) is 18.8. The number of rotatable bonds is 3. The molecular formula is C16H13N3O2. The number of aromatic amines is 1. The molecule has 0 bridgehead atoms. The van der Waals surface area contributed by atoms with Gasteiger partial charge in [0, 0.05) is 0 Å². The fourth-order valence-corrected chi connectivity index (χ4v) is 2.29. The van der Waals surface area contributed by atoms with Crippen LogP contribution < -0.4 is 11.2 Å². The Balaban J connectivity index is 2.22. The fraction of sp³-hybridized carbons (Fsp3) is 0.0625. The maximum Gasteiger partial charge on any atom is 0.345 e. The lowest BCUT2D eigenvalue weighted by atomic mass is 9.99. The normalized spacial score (nSPS) is 10.7. The summed E-state index contributed by atoms with van der Waals surface area (Å²) in [5, 5.41) is 3.99. The molecule has 1 aromatic heterocycles. The fourth-order valence-electron chi connectivity index (χ4n) is 2.29. The van der Waals surface area contributed by atoms with Crippen molar-refractivity contribution in [3.63, 3.8) is 0 Å². The standard InChI is InChI=1S/C16H13N3O2/c20-14-11-17-19(16(21)18-14)15(12-7-3-1-4-8-12)13-9-5-2-6-10-13/h1-11,15H,(H,18,20,21). The van der Waals surface area contributed by atoms with Crippen LogP contribution >= 0.6 is 0 Å². The second-order valence-electron chi connectivity index (χ2n) is 4.61. The highest BCUT2D eigenvalue weighted by atomic mass is 16.2. The van der Waals surface area contributed by atoms with Crippen molar-refractivity contribution in [1.29, 1.82) is 0 Å². The quantitative estimate of drug-likeness (QED) is 0.791. The van der Waals surface area contributed by atoms with Crippen LogP contribution in [0.2, 0.25) is 0 Å². The van der Waals surface area contributed by atoms with E-state index in [0.29, 0.717) is 0 Å². The molecule has 104 valence electrons. The third-order valence-corrected chi connectivity index (χ3v) is 3.21. The molecule has 0 amide bonds. The number of hydrogen-bond acceptors (Lipinski definition) is 3. The minimum absolute atomic E-state index is 0.378. The molecule has 0 saturated carbocycles. The van der Waals surface area contributed by atoms with Crippen LogP contribution in [-0.2, 0) is 0 Å². The number of benzene rings is 2. The Morgan fingerprint density at radius 1 is 0.857 bits per heavy atom. The molecule has 1 heterocycles. The van der Waals surface area contributed by atoms with E-state index >= 15 is 0 Å². The molecule has 5 heteroatoms. The number of hydrogen-bond donors (Lipinski definition) is 1. The van der Waals surface area contributed by atoms with Crippen molar-refractivity contribution in [2.45, 2.75) is 6.04 Å². The summed E-state index contributed by atoms with van der Waals surface area (Å²) in [7, 11) is 0. The molecule has 0 fully saturated rings. The van der Waals surface area contributed by atoms with Gasteiger partial charge in [-0.1, -0.05) is 60.7 Å². The zero-order valence-corrected chi connectivity index (χ0v) is 11.1. The zero-order valence-electron chi connectivity index (χ0n) is 11.1. The van der Waals surface area contributed by atoms with Crippen molar-refractivity contribution in [1.82, 2.24) is 14.8 Å². The monoisotopic (exact) mass is 279 g/mol. The smallest absolute Gasteiger partial charge is 0.271 e. The molecule has 21 heavy (non-hydrogen) atoms. The van der Waals surface area contributed by atoms with Gasteiger partial charge in [-0.15, -0.1) is 0 Å². The maximum atomic E-state index is 12.1. The highest BCUT2D eigenvalue weighted by Gasteiger charge is 2.18. The number of H-pyrrole nitrogens is 1. The summed E-state index contributed by atoms with van der Waals surface area (Å²) in [4.78, 5) is 25.5. The summed E-state index contributed by atoms with van der Waals surface area (Å²) in [5.41, 5.74) is 0.812. The third kappa shape index (κ3) is 2.67. The van der Waals surface area contributed by atoms with E-state index in [0.717, 1.165) is 17.3 Å². The van der Waals surface area contributed by atoms with Crippen LogP contribution in [0, 0.1) is 0 Å². The van der Waals surface area contributed by atoms with E-state index in [2.05, 4.69) is 10.1 Å². The van der Waals surface area contributed by atoms with E-state index in [1.807, 2.05) is 60.7 Å². The summed E-state index contributed by atoms with van der Waals surface area (Å²) >= 11 is 0. The van der Waals surface area contributed by atoms with Gasteiger partial charge < -0.3 is 0 Å². The van der Waals surface area contributed by atoms with E-state index in [1.165, 1.54) is 4.68 Å². The van der Waals surface area contributed by atoms with Gasteiger partial charge >= 0.3 is 5.69 Å². The van der Waals surface area contributed by atoms with Gasteiger partial charge in [0.15, 0.2) is 0 Å². The first-order valence-corrected chi connectivity index (χ1v) is 6.54. The lowest BCUT2D eigenvalue weighted by Gasteiger charge is -2.18. The molecule has 0 unspecified atom stereocenters. The molecule has 0 aliphatic rings. The molecule has 0 spiro atoms. The summed E-state index contributed by atoms with van der Waals surface area (Å²) in [6.45, 7) is 0. The Kier molecular flexibility index (Phi) is 3.47. The van der Waals surface area contributed by atoms with Crippen molar-refractivity contribution >= 4 is 0 Å². The third-order valence-electron chi connectivity index (χ3n) is 3.21. The Morgan fingerprint density at radius 2 is 1.38 bits per heavy atom. The molecular weight excluding hydrogens is 266 g/mol. The molecule has 5 nitrogen and oxygen atoms in total. The van der Waals surface area contributed by atoms with Gasteiger partial charge in [0.2, 0.25) is 0 Å². The van der Waals surface area contributed by atoms with Gasteiger partial charge in [0.05, 0.1) is 0 Å². The van der Waals surface area contributed by atoms with Gasteiger partial charge in [-0.3, -0.25) is 9.78 Å². The molecule has 2 aromatic carbocycles. The van der Waals surface area contributed by atoms with Gasteiger partial charge in [-0.2, -0.15) is 5.10 Å². The highest BCUT2D eigenvalue weighted by molar-refractivity contribution is 5.32. The van der Waals surface area contributed by atoms with Crippen LogP contribution in [0.5, 0.6) is 0 Å². The average molecular weight is 279 g/mol. The van der Waals surface area contributed by atoms with E-state index in [1.54, 1.807) is 0 Å². The number of nitrogens with one attached hydrogen (secondary N) is 1. The van der Waals surface area contributed by atoms with Gasteiger partial charge in [-0.25, -0.2) is 9.48 Å². The van der Waals surface area contributed by atoms with Crippen molar-refractivity contribution in [3.05, 3.63) is 98.8 Å². The molecule has 0 radical (unpaired) electrons. The number of nitrogens with zero attached hydrogens (tertiary/aromatic N) is 2. The lowest BCUT2D eigenvalue weighted by molar-refractivity contribution is 0.537. The first kappa shape index (κ1) is 13.1. The largest absolute Gasteiger partial charge is 0.345 e. The first-order valence-electron chi connectivity index (χ1n) is 6.54. The van der Waals surface area contributed by atoms with Crippen LogP contribution in [0.25, 0.3) is 0 Å². The van der Waals surface area contributed by atoms with Gasteiger partial charge in [0.25, 0.3) is 5.56 Å². The van der Waals surface area contributed by atoms with Crippen LogP contribution in [-0.4, -0.2) is 14.8 Å². The topological polar surface area (TPSA) is 67.8 Å². The van der Waals surface area contributed by atoms with E-state index < -0.39 is 11.2 Å². The predicted molar refractivity (Wildman–Crippen MR) is 79.2 cm³/mol. The first-order chi connectivity index (χ1) is 10.3. The SMILES string of the molecule is O=c1cnn(C(c2ccccc2)c2ccccc2)c(=O)[nH]1. The summed E-state index contributed by atoms with van der Waals surface area (Å²) < 4.78 is 1.28. The lowest BCUT2D eigenvalue weighted by Crippen LogP contribution is -2.35. The van der Waals surface area contributed by atoms with Crippen LogP contribution in [0.1, 0.15) is 17.2 Å². The molecule has 3 aromatic rings. The summed E-state index contributed by atoms with van der Waals surface area (Å²) in [6.07, 6.45) is 1.11. The zero-order chi connectivity index (χ0) is 14.7. The van der Waals surface area contributed by atoms with E-state index in [9.17, 15) is 9.59 Å². The second-order valence-corrected chi connectivity index (χ2v) is 4.61. The van der Waals surface area contributed by atoms with Crippen molar-refractivity contribution < 1.29 is 0 Å². The highest BCUT2D eigenvalue weighted by Crippen LogP contribution is 2.23. The summed E-state index contributed by atoms with van der Waals surface area (Å²) in [5.74, 6) is 0. The van der Waals surface area contributed by atoms with Gasteiger partial charge in [-0.05, 0) is 11.1 Å². The Labute approximate surface area is 120 Å². The van der Waals surface area contributed by atoms with Crippen LogP contribution in [0.4, 0.5) is 0 Å². The Hall–Kier alpha value is -2.95. The molecule has 0 aliphatic carbocycles. The molecule has 3 rings (SSSR count). The van der Waals surface area contributed by atoms with Crippen molar-refractivity contribution in [2.24, 2.45) is 0 Å². The molecule has 0 saturated heterocycles. The van der Waals surface area contributed by atoms with E-state index in [-0.39, 0.29) is 6.04 Å². The van der Waals surface area contributed by atoms with Crippen LogP contribution in [0.15, 0.2) is 76.4 Å². The maximum absolute atomic E-state index is 12.1. The Morgan fingerprint density at radius 3 is 1.86 bits per heavy atom. The predicted octanol–water partition coefficient (Wildman–Crippen LogP) is 1.57. The van der Waals surface area contributed by atoms with Crippen LogP contribution in [0.3, 0.4) is 0 Å². The molecule has 1 N–H and O–H groups in total. The molecule has 0 aliphatic heterocycles. The average Bonchev–Trinajstić information content (AvgIpc) is 2.52. The minimum atomic E-state index is -0.528.